The van der Waals surface area contributed by atoms with Crippen LogP contribution in [0.15, 0.2) is 30.5 Å². The third kappa shape index (κ3) is 4.04. The van der Waals surface area contributed by atoms with Crippen LogP contribution in [-0.2, 0) is 24.0 Å². The number of ether oxygens (including phenoxy) is 1. The summed E-state index contributed by atoms with van der Waals surface area (Å²) in [7, 11) is 0. The maximum absolute atomic E-state index is 13.1. The number of hydrogen-bond acceptors (Lipinski definition) is 4. The Bertz CT molecular complexity index is 771. The Kier molecular flexibility index (Phi) is 5.13. The van der Waals surface area contributed by atoms with Gasteiger partial charge in [-0.3, -0.25) is 0 Å². The molecule has 1 aromatic heterocycles. The van der Waals surface area contributed by atoms with E-state index >= 15 is 0 Å². The van der Waals surface area contributed by atoms with Crippen molar-refractivity contribution in [3.63, 3.8) is 0 Å². The van der Waals surface area contributed by atoms with Gasteiger partial charge in [0.1, 0.15) is 5.82 Å². The van der Waals surface area contributed by atoms with Gasteiger partial charge in [-0.15, -0.1) is 0 Å². The molecule has 132 valence electrons. The Morgan fingerprint density at radius 2 is 2.04 bits per heavy atom. The number of rotatable bonds is 4. The van der Waals surface area contributed by atoms with Crippen molar-refractivity contribution in [1.29, 1.82) is 0 Å². The number of aliphatic hydroxyl groups excluding tert-OH is 1. The number of carbonyl (C=O) groups excluding carboxylic acids is 1. The molecule has 2 aromatic rings. The molecule has 25 heavy (non-hydrogen) atoms. The fourth-order valence-corrected chi connectivity index (χ4v) is 3.24. The zero-order valence-corrected chi connectivity index (χ0v) is 14.5. The summed E-state index contributed by atoms with van der Waals surface area (Å²) >= 11 is 0. The minimum absolute atomic E-state index is 0.225. The third-order valence-corrected chi connectivity index (χ3v) is 4.40. The Morgan fingerprint density at radius 1 is 1.32 bits per heavy atom. The summed E-state index contributed by atoms with van der Waals surface area (Å²) in [6, 6.07) is 6.38. The largest absolute Gasteiger partial charge is 0.458 e. The second-order valence-corrected chi connectivity index (χ2v) is 6.74. The molecule has 0 aliphatic heterocycles. The molecule has 0 bridgehead atoms. The first kappa shape index (κ1) is 17.5. The fourth-order valence-electron chi connectivity index (χ4n) is 3.24. The zero-order chi connectivity index (χ0) is 18.0. The Balaban J connectivity index is 1.96. The number of hydrogen-bond donors (Lipinski definition) is 1. The van der Waals surface area contributed by atoms with Gasteiger partial charge in [-0.1, -0.05) is 12.1 Å². The number of esters is 1. The highest BCUT2D eigenvalue weighted by Gasteiger charge is 2.27. The van der Waals surface area contributed by atoms with E-state index in [0.29, 0.717) is 31.4 Å². The van der Waals surface area contributed by atoms with Crippen molar-refractivity contribution in [3.05, 3.63) is 64.2 Å². The van der Waals surface area contributed by atoms with Crippen molar-refractivity contribution in [3.8, 4) is 0 Å². The van der Waals surface area contributed by atoms with E-state index in [-0.39, 0.29) is 11.9 Å². The lowest BCUT2D eigenvalue weighted by molar-refractivity contribution is 0.0367. The van der Waals surface area contributed by atoms with E-state index in [1.807, 2.05) is 0 Å². The highest BCUT2D eigenvalue weighted by molar-refractivity contribution is 5.89. The molecule has 0 radical (unpaired) electrons. The Hall–Kier alpha value is -2.27. The van der Waals surface area contributed by atoms with E-state index in [4.69, 9.17) is 4.74 Å². The molecular weight excluding hydrogens is 321 g/mol. The quantitative estimate of drug-likeness (QED) is 0.866. The van der Waals surface area contributed by atoms with Crippen molar-refractivity contribution >= 4 is 5.97 Å². The summed E-state index contributed by atoms with van der Waals surface area (Å²) in [4.78, 5) is 16.7. The fraction of sp³-hybridized carbons (Fsp3) is 0.400. The highest BCUT2D eigenvalue weighted by atomic mass is 19.1. The number of fused-ring (bicyclic) bond motifs is 1. The van der Waals surface area contributed by atoms with Crippen molar-refractivity contribution in [2.45, 2.75) is 51.7 Å². The van der Waals surface area contributed by atoms with Crippen molar-refractivity contribution in [2.75, 3.05) is 0 Å². The van der Waals surface area contributed by atoms with Crippen LogP contribution in [0.2, 0.25) is 0 Å². The standard InChI is InChI=1S/C20H22FNO3/c1-12(2)25-20(24)19-18-10-16(23)7-8-17(18)14(11-22-19)9-13-3-5-15(21)6-4-13/h3-6,11-12,16,23H,7-10H2,1-2H3. The molecule has 0 saturated heterocycles. The predicted octanol–water partition coefficient (Wildman–Crippen LogP) is 3.23. The van der Waals surface area contributed by atoms with Gasteiger partial charge in [0.15, 0.2) is 5.69 Å². The van der Waals surface area contributed by atoms with Crippen LogP contribution < -0.4 is 0 Å². The number of halogens is 1. The van der Waals surface area contributed by atoms with Crippen molar-refractivity contribution < 1.29 is 19.0 Å². The summed E-state index contributed by atoms with van der Waals surface area (Å²) < 4.78 is 18.4. The van der Waals surface area contributed by atoms with Gasteiger partial charge in [0, 0.05) is 12.6 Å². The van der Waals surface area contributed by atoms with E-state index in [0.717, 1.165) is 22.3 Å². The highest BCUT2D eigenvalue weighted by Crippen LogP contribution is 2.29. The van der Waals surface area contributed by atoms with Crippen LogP contribution in [0.25, 0.3) is 0 Å². The lowest BCUT2D eigenvalue weighted by atomic mass is 9.85. The number of pyridine rings is 1. The van der Waals surface area contributed by atoms with Crippen LogP contribution >= 0.6 is 0 Å². The number of aliphatic hydroxyl groups is 1. The maximum Gasteiger partial charge on any atom is 0.357 e. The first-order chi connectivity index (χ1) is 11.9. The number of aromatic nitrogens is 1. The molecule has 1 aliphatic rings. The van der Waals surface area contributed by atoms with Gasteiger partial charge in [0.25, 0.3) is 0 Å². The lowest BCUT2D eigenvalue weighted by Crippen LogP contribution is -2.25. The summed E-state index contributed by atoms with van der Waals surface area (Å²) in [5.41, 5.74) is 4.12. The first-order valence-electron chi connectivity index (χ1n) is 8.57. The molecule has 1 unspecified atom stereocenters. The van der Waals surface area contributed by atoms with Gasteiger partial charge in [-0.25, -0.2) is 14.2 Å². The number of nitrogens with zero attached hydrogens (tertiary/aromatic N) is 1. The second kappa shape index (κ2) is 7.31. The summed E-state index contributed by atoms with van der Waals surface area (Å²) in [6.45, 7) is 3.59. The lowest BCUT2D eigenvalue weighted by Gasteiger charge is -2.25. The van der Waals surface area contributed by atoms with E-state index in [1.54, 1.807) is 32.2 Å². The Morgan fingerprint density at radius 3 is 2.72 bits per heavy atom. The van der Waals surface area contributed by atoms with Gasteiger partial charge >= 0.3 is 5.97 Å². The predicted molar refractivity (Wildman–Crippen MR) is 92.0 cm³/mol. The first-order valence-corrected chi connectivity index (χ1v) is 8.57. The topological polar surface area (TPSA) is 59.4 Å². The molecule has 1 N–H and O–H groups in total. The normalized spacial score (nSPS) is 16.6. The molecule has 0 saturated carbocycles. The van der Waals surface area contributed by atoms with Gasteiger partial charge in [0.2, 0.25) is 0 Å². The second-order valence-electron chi connectivity index (χ2n) is 6.74. The van der Waals surface area contributed by atoms with Crippen molar-refractivity contribution in [1.82, 2.24) is 4.98 Å². The van der Waals surface area contributed by atoms with Crippen LogP contribution in [0, 0.1) is 5.82 Å². The average molecular weight is 343 g/mol. The third-order valence-electron chi connectivity index (χ3n) is 4.40. The molecule has 0 spiro atoms. The Labute approximate surface area is 146 Å². The average Bonchev–Trinajstić information content (AvgIpc) is 2.56. The molecule has 5 heteroatoms. The van der Waals surface area contributed by atoms with Gasteiger partial charge in [-0.2, -0.15) is 0 Å². The molecule has 4 nitrogen and oxygen atoms in total. The van der Waals surface area contributed by atoms with Crippen LogP contribution in [0.1, 0.15) is 53.0 Å². The van der Waals surface area contributed by atoms with E-state index in [2.05, 4.69) is 4.98 Å². The number of carbonyl (C=O) groups is 1. The molecule has 1 aromatic carbocycles. The van der Waals surface area contributed by atoms with Crippen molar-refractivity contribution in [2.24, 2.45) is 0 Å². The summed E-state index contributed by atoms with van der Waals surface area (Å²) in [5.74, 6) is -0.715. The summed E-state index contributed by atoms with van der Waals surface area (Å²) in [5, 5.41) is 10.0. The van der Waals surface area contributed by atoms with Gasteiger partial charge in [-0.05, 0) is 67.5 Å². The molecule has 1 aliphatic carbocycles. The van der Waals surface area contributed by atoms with Gasteiger partial charge < -0.3 is 9.84 Å². The van der Waals surface area contributed by atoms with Crippen LogP contribution in [0.5, 0.6) is 0 Å². The molecular formula is C20H22FNO3. The molecule has 1 atom stereocenters. The van der Waals surface area contributed by atoms with E-state index in [1.165, 1.54) is 12.1 Å². The molecule has 1 heterocycles. The molecule has 0 fully saturated rings. The summed E-state index contributed by atoms with van der Waals surface area (Å²) in [6.07, 6.45) is 3.38. The van der Waals surface area contributed by atoms with Crippen LogP contribution in [-0.4, -0.2) is 28.3 Å². The smallest absolute Gasteiger partial charge is 0.357 e. The minimum Gasteiger partial charge on any atom is -0.458 e. The van der Waals surface area contributed by atoms with E-state index in [9.17, 15) is 14.3 Å². The van der Waals surface area contributed by atoms with E-state index < -0.39 is 12.1 Å². The van der Waals surface area contributed by atoms with Gasteiger partial charge in [0.05, 0.1) is 12.2 Å². The minimum atomic E-state index is -0.471. The maximum atomic E-state index is 13.1. The zero-order valence-electron chi connectivity index (χ0n) is 14.5. The monoisotopic (exact) mass is 343 g/mol. The number of benzene rings is 1. The molecule has 3 rings (SSSR count). The van der Waals surface area contributed by atoms with Crippen LogP contribution in [0.4, 0.5) is 4.39 Å². The SMILES string of the molecule is CC(C)OC(=O)c1ncc(Cc2ccc(F)cc2)c2c1CC(O)CC2. The van der Waals surface area contributed by atoms with Crippen LogP contribution in [0.3, 0.4) is 0 Å². The molecule has 0 amide bonds.